The predicted molar refractivity (Wildman–Crippen MR) is 111 cm³/mol. The Labute approximate surface area is 191 Å². The molecule has 1 amide bonds. The molecule has 1 aromatic heterocycles. The summed E-state index contributed by atoms with van der Waals surface area (Å²) in [4.78, 5) is 17.8. The van der Waals surface area contributed by atoms with E-state index in [0.717, 1.165) is 17.0 Å². The van der Waals surface area contributed by atoms with E-state index in [9.17, 15) is 26.7 Å². The summed E-state index contributed by atoms with van der Waals surface area (Å²) in [5, 5.41) is 7.83. The number of piperidine rings is 1. The molecule has 1 saturated heterocycles. The van der Waals surface area contributed by atoms with Gasteiger partial charge in [-0.15, -0.1) is 0 Å². The van der Waals surface area contributed by atoms with Gasteiger partial charge in [0.25, 0.3) is 11.8 Å². The first-order valence-electron chi connectivity index (χ1n) is 9.77. The third-order valence-electron chi connectivity index (χ3n) is 5.31. The van der Waals surface area contributed by atoms with Crippen LogP contribution in [0.5, 0.6) is 5.88 Å². The number of hydrogen-bond donors (Lipinski definition) is 2. The first-order chi connectivity index (χ1) is 15.3. The number of carbonyl (C=O) groups is 1. The van der Waals surface area contributed by atoms with Crippen LogP contribution in [0.15, 0.2) is 36.5 Å². The third kappa shape index (κ3) is 5.70. The van der Waals surface area contributed by atoms with Gasteiger partial charge in [-0.2, -0.15) is 13.2 Å². The second-order valence-corrected chi connectivity index (χ2v) is 8.27. The van der Waals surface area contributed by atoms with Crippen LogP contribution in [0, 0.1) is 11.3 Å². The minimum absolute atomic E-state index is 0.0371. The Morgan fingerprint density at radius 1 is 1.30 bits per heavy atom. The van der Waals surface area contributed by atoms with Gasteiger partial charge >= 0.3 is 6.18 Å². The number of ether oxygens (including phenoxy) is 1. The van der Waals surface area contributed by atoms with Crippen molar-refractivity contribution in [3.05, 3.63) is 58.2 Å². The fourth-order valence-electron chi connectivity index (χ4n) is 3.71. The van der Waals surface area contributed by atoms with Crippen LogP contribution in [0.4, 0.5) is 22.0 Å². The maximum Gasteiger partial charge on any atom is 0.417 e. The maximum absolute atomic E-state index is 14.4. The lowest BCUT2D eigenvalue weighted by molar-refractivity contribution is -0.137. The van der Waals surface area contributed by atoms with Crippen molar-refractivity contribution in [2.75, 3.05) is 13.2 Å². The second-order valence-electron chi connectivity index (χ2n) is 7.84. The first-order valence-corrected chi connectivity index (χ1v) is 10.1. The molecule has 2 atom stereocenters. The molecule has 1 aliphatic rings. The zero-order chi connectivity index (χ0) is 24.6. The topological polar surface area (TPSA) is 92.3 Å². The van der Waals surface area contributed by atoms with Crippen LogP contribution in [0.25, 0.3) is 0 Å². The Hall–Kier alpha value is -2.95. The van der Waals surface area contributed by atoms with Crippen LogP contribution in [0.1, 0.15) is 34.8 Å². The van der Waals surface area contributed by atoms with Gasteiger partial charge in [-0.1, -0.05) is 18.5 Å². The molecular formula is C21H20ClF5N4O2. The van der Waals surface area contributed by atoms with Crippen LogP contribution in [0.2, 0.25) is 5.02 Å². The van der Waals surface area contributed by atoms with Crippen molar-refractivity contribution in [1.82, 2.24) is 9.88 Å². The van der Waals surface area contributed by atoms with Crippen molar-refractivity contribution in [3.8, 4) is 5.88 Å². The number of amides is 1. The predicted octanol–water partition coefficient (Wildman–Crippen LogP) is 4.60. The molecule has 1 aromatic carbocycles. The van der Waals surface area contributed by atoms with E-state index in [2.05, 4.69) is 4.98 Å². The molecule has 3 rings (SSSR count). The number of likely N-dealkylation sites (tertiary alicyclic amines) is 1. The quantitative estimate of drug-likeness (QED) is 0.364. The van der Waals surface area contributed by atoms with E-state index < -0.39 is 54.3 Å². The van der Waals surface area contributed by atoms with Crippen LogP contribution < -0.4 is 10.5 Å². The average Bonchev–Trinajstić information content (AvgIpc) is 2.71. The molecule has 2 aromatic rings. The number of rotatable bonds is 5. The minimum atomic E-state index is -4.57. The van der Waals surface area contributed by atoms with Crippen molar-refractivity contribution < 1.29 is 31.5 Å². The van der Waals surface area contributed by atoms with Gasteiger partial charge in [-0.25, -0.2) is 13.8 Å². The molecular weight excluding hydrogens is 471 g/mol. The molecule has 1 fully saturated rings. The number of halogens is 6. The summed E-state index contributed by atoms with van der Waals surface area (Å²) in [5.41, 5.74) is 4.49. The van der Waals surface area contributed by atoms with E-state index in [-0.39, 0.29) is 28.6 Å². The van der Waals surface area contributed by atoms with Crippen molar-refractivity contribution in [2.24, 2.45) is 11.7 Å². The molecule has 0 spiro atoms. The fraction of sp³-hybridized carbons (Fsp3) is 0.381. The lowest BCUT2D eigenvalue weighted by atomic mass is 9.88. The maximum atomic E-state index is 14.4. The van der Waals surface area contributed by atoms with E-state index >= 15 is 0 Å². The van der Waals surface area contributed by atoms with Gasteiger partial charge in [0, 0.05) is 29.3 Å². The van der Waals surface area contributed by atoms with E-state index in [4.69, 9.17) is 27.5 Å². The number of nitrogens with one attached hydrogen (secondary N) is 1. The van der Waals surface area contributed by atoms with Gasteiger partial charge < -0.3 is 15.4 Å². The van der Waals surface area contributed by atoms with Crippen molar-refractivity contribution >= 4 is 23.3 Å². The van der Waals surface area contributed by atoms with Crippen LogP contribution >= 0.6 is 11.6 Å². The second kappa shape index (κ2) is 9.12. The number of aromatic nitrogens is 1. The highest BCUT2D eigenvalue weighted by atomic mass is 35.5. The number of alkyl halides is 5. The van der Waals surface area contributed by atoms with Crippen LogP contribution in [0.3, 0.4) is 0 Å². The number of carbonyl (C=O) groups excluding carboxylic acids is 1. The lowest BCUT2D eigenvalue weighted by Crippen LogP contribution is -2.57. The Kier molecular flexibility index (Phi) is 6.83. The Bertz CT molecular complexity index is 1050. The highest BCUT2D eigenvalue weighted by Gasteiger charge is 2.46. The number of benzene rings is 1. The molecule has 3 N–H and O–H groups in total. The summed E-state index contributed by atoms with van der Waals surface area (Å²) in [5.74, 6) is -5.29. The largest absolute Gasteiger partial charge is 0.475 e. The molecule has 2 heterocycles. The zero-order valence-corrected chi connectivity index (χ0v) is 18.1. The monoisotopic (exact) mass is 490 g/mol. The standard InChI is InChI=1S/C21H20ClF5N4O2/c1-11-7-20(23,24)10-31(19(32)15-6-13(22)3-4-14(15)18(28)29)16(11)9-33-17-5-2-12(8-30-17)21(25,26)27/h2-6,8,11,16H,7,9-10H2,1H3,(H3,28,29)/t11-,16-/m1/s1. The molecule has 0 saturated carbocycles. The number of nitrogens with zero attached hydrogens (tertiary/aromatic N) is 2. The molecule has 6 nitrogen and oxygen atoms in total. The summed E-state index contributed by atoms with van der Waals surface area (Å²) < 4.78 is 72.3. The van der Waals surface area contributed by atoms with Gasteiger partial charge in [-0.05, 0) is 30.2 Å². The molecule has 178 valence electrons. The zero-order valence-electron chi connectivity index (χ0n) is 17.3. The van der Waals surface area contributed by atoms with E-state index in [1.54, 1.807) is 0 Å². The van der Waals surface area contributed by atoms with Gasteiger partial charge in [0.15, 0.2) is 0 Å². The smallest absolute Gasteiger partial charge is 0.417 e. The fourth-order valence-corrected chi connectivity index (χ4v) is 3.88. The van der Waals surface area contributed by atoms with Crippen molar-refractivity contribution in [1.29, 1.82) is 5.41 Å². The normalized spacial score (nSPS) is 20.4. The van der Waals surface area contributed by atoms with Gasteiger partial charge in [-0.3, -0.25) is 10.2 Å². The average molecular weight is 491 g/mol. The van der Waals surface area contributed by atoms with Crippen molar-refractivity contribution in [3.63, 3.8) is 0 Å². The highest BCUT2D eigenvalue weighted by Crippen LogP contribution is 2.36. The first kappa shape index (κ1) is 24.7. The summed E-state index contributed by atoms with van der Waals surface area (Å²) in [6.45, 7) is 0.331. The SMILES string of the molecule is C[C@@H]1CC(F)(F)CN(C(=O)c2cc(Cl)ccc2C(=N)N)[C@@H]1COc1ccc(C(F)(F)F)cn1. The molecule has 0 aliphatic carbocycles. The number of nitrogen functional groups attached to an aromatic ring is 1. The molecule has 0 bridgehead atoms. The molecule has 12 heteroatoms. The van der Waals surface area contributed by atoms with Gasteiger partial charge in [0.05, 0.1) is 23.7 Å². The number of hydrogen-bond acceptors (Lipinski definition) is 4. The molecule has 33 heavy (non-hydrogen) atoms. The van der Waals surface area contributed by atoms with E-state index in [1.807, 2.05) is 0 Å². The lowest BCUT2D eigenvalue weighted by Gasteiger charge is -2.43. The number of pyridine rings is 1. The van der Waals surface area contributed by atoms with Gasteiger partial charge in [0.2, 0.25) is 5.88 Å². The molecule has 0 radical (unpaired) electrons. The Balaban J connectivity index is 1.87. The minimum Gasteiger partial charge on any atom is -0.475 e. The number of amidine groups is 1. The Morgan fingerprint density at radius 3 is 2.58 bits per heavy atom. The summed E-state index contributed by atoms with van der Waals surface area (Å²) in [7, 11) is 0. The Morgan fingerprint density at radius 2 is 2.00 bits per heavy atom. The van der Waals surface area contributed by atoms with Crippen LogP contribution in [-0.4, -0.2) is 46.7 Å². The van der Waals surface area contributed by atoms with Crippen LogP contribution in [-0.2, 0) is 6.18 Å². The third-order valence-corrected chi connectivity index (χ3v) is 5.54. The van der Waals surface area contributed by atoms with Crippen molar-refractivity contribution in [2.45, 2.75) is 31.5 Å². The van der Waals surface area contributed by atoms with E-state index in [1.165, 1.54) is 25.1 Å². The summed E-state index contributed by atoms with van der Waals surface area (Å²) >= 11 is 5.97. The number of nitrogens with two attached hydrogens (primary N) is 1. The van der Waals surface area contributed by atoms with E-state index in [0.29, 0.717) is 6.20 Å². The highest BCUT2D eigenvalue weighted by molar-refractivity contribution is 6.31. The summed E-state index contributed by atoms with van der Waals surface area (Å²) in [6, 6.07) is 4.96. The molecule has 1 aliphatic heterocycles. The van der Waals surface area contributed by atoms with Gasteiger partial charge in [0.1, 0.15) is 12.4 Å². The molecule has 0 unspecified atom stereocenters. The summed E-state index contributed by atoms with van der Waals surface area (Å²) in [6.07, 6.45) is -4.48.